The lowest BCUT2D eigenvalue weighted by Gasteiger charge is -2.23. The van der Waals surface area contributed by atoms with Crippen LogP contribution in [0.4, 0.5) is 11.6 Å². The molecule has 1 aromatic rings. The first-order chi connectivity index (χ1) is 9.08. The molecule has 0 amide bonds. The minimum Gasteiger partial charge on any atom is -0.370 e. The van der Waals surface area contributed by atoms with Crippen LogP contribution in [0.2, 0.25) is 0 Å². The van der Waals surface area contributed by atoms with E-state index in [1.165, 1.54) is 0 Å². The van der Waals surface area contributed by atoms with Crippen LogP contribution >= 0.6 is 0 Å². The maximum atomic E-state index is 4.26. The summed E-state index contributed by atoms with van der Waals surface area (Å²) >= 11 is 0. The second-order valence-corrected chi connectivity index (χ2v) is 4.91. The lowest BCUT2D eigenvalue weighted by Crippen LogP contribution is -2.30. The van der Waals surface area contributed by atoms with Crippen molar-refractivity contribution in [1.29, 1.82) is 0 Å². The Hall–Kier alpha value is -1.36. The number of nitrogens with zero attached hydrogens (tertiary/aromatic N) is 4. The summed E-state index contributed by atoms with van der Waals surface area (Å²) in [5, 5.41) is 3.37. The summed E-state index contributed by atoms with van der Waals surface area (Å²) in [5.41, 5.74) is 0. The molecule has 108 valence electrons. The highest BCUT2D eigenvalue weighted by atomic mass is 15.2. The van der Waals surface area contributed by atoms with Gasteiger partial charge < -0.3 is 15.1 Å². The summed E-state index contributed by atoms with van der Waals surface area (Å²) in [7, 11) is 4.19. The van der Waals surface area contributed by atoms with Gasteiger partial charge in [0.2, 0.25) is 0 Å². The summed E-state index contributed by atoms with van der Waals surface area (Å²) in [4.78, 5) is 13.0. The van der Waals surface area contributed by atoms with E-state index in [2.05, 4.69) is 52.9 Å². The van der Waals surface area contributed by atoms with Crippen LogP contribution in [0.5, 0.6) is 0 Å². The van der Waals surface area contributed by atoms with Gasteiger partial charge in [0, 0.05) is 32.2 Å². The molecule has 0 saturated heterocycles. The zero-order valence-electron chi connectivity index (χ0n) is 12.8. The Balaban J connectivity index is 2.45. The minimum absolute atomic E-state index is 0.581. The van der Waals surface area contributed by atoms with Gasteiger partial charge in [0.15, 0.2) is 0 Å². The lowest BCUT2D eigenvalue weighted by atomic mass is 10.2. The molecule has 5 heteroatoms. The van der Waals surface area contributed by atoms with Crippen LogP contribution in [0.25, 0.3) is 0 Å². The molecule has 0 spiro atoms. The summed E-state index contributed by atoms with van der Waals surface area (Å²) in [6.07, 6.45) is 2.72. The Labute approximate surface area is 117 Å². The Morgan fingerprint density at radius 2 is 1.95 bits per heavy atom. The molecular formula is C14H27N5. The fraction of sp³-hybridized carbons (Fsp3) is 0.714. The molecule has 5 nitrogen and oxygen atoms in total. The number of rotatable bonds is 8. The van der Waals surface area contributed by atoms with E-state index >= 15 is 0 Å². The zero-order valence-corrected chi connectivity index (χ0v) is 12.8. The normalized spacial score (nSPS) is 12.5. The quantitative estimate of drug-likeness (QED) is 0.779. The number of anilines is 2. The van der Waals surface area contributed by atoms with Crippen LogP contribution < -0.4 is 10.2 Å². The minimum atomic E-state index is 0.581. The SMILES string of the molecule is CCN(C)c1cc(NCCC(C)N(C)CC)ncn1. The van der Waals surface area contributed by atoms with E-state index in [0.717, 1.165) is 37.7 Å². The average molecular weight is 265 g/mol. The van der Waals surface area contributed by atoms with Crippen molar-refractivity contribution in [3.05, 3.63) is 12.4 Å². The van der Waals surface area contributed by atoms with Crippen molar-refractivity contribution in [2.45, 2.75) is 33.2 Å². The van der Waals surface area contributed by atoms with Gasteiger partial charge in [-0.3, -0.25) is 0 Å². The Morgan fingerprint density at radius 3 is 2.58 bits per heavy atom. The summed E-state index contributed by atoms with van der Waals surface area (Å²) in [6, 6.07) is 2.58. The third-order valence-electron chi connectivity index (χ3n) is 3.64. The molecule has 0 aliphatic rings. The summed E-state index contributed by atoms with van der Waals surface area (Å²) in [5.74, 6) is 1.86. The van der Waals surface area contributed by atoms with Gasteiger partial charge in [-0.15, -0.1) is 0 Å². The van der Waals surface area contributed by atoms with Crippen LogP contribution in [0.1, 0.15) is 27.2 Å². The van der Waals surface area contributed by atoms with E-state index in [1.807, 2.05) is 13.1 Å². The van der Waals surface area contributed by atoms with E-state index in [9.17, 15) is 0 Å². The molecule has 1 N–H and O–H groups in total. The van der Waals surface area contributed by atoms with Crippen LogP contribution in [-0.2, 0) is 0 Å². The van der Waals surface area contributed by atoms with E-state index in [4.69, 9.17) is 0 Å². The number of nitrogens with one attached hydrogen (secondary N) is 1. The molecule has 1 atom stereocenters. The maximum Gasteiger partial charge on any atom is 0.133 e. The average Bonchev–Trinajstić information content (AvgIpc) is 2.45. The summed E-state index contributed by atoms with van der Waals surface area (Å²) < 4.78 is 0. The van der Waals surface area contributed by atoms with Crippen molar-refractivity contribution in [1.82, 2.24) is 14.9 Å². The van der Waals surface area contributed by atoms with Crippen molar-refractivity contribution in [3.63, 3.8) is 0 Å². The molecule has 1 heterocycles. The Kier molecular flexibility index (Phi) is 6.56. The van der Waals surface area contributed by atoms with Gasteiger partial charge in [-0.1, -0.05) is 6.92 Å². The smallest absolute Gasteiger partial charge is 0.133 e. The van der Waals surface area contributed by atoms with Crippen molar-refractivity contribution in [2.24, 2.45) is 0 Å². The molecule has 0 radical (unpaired) electrons. The molecule has 1 unspecified atom stereocenters. The largest absolute Gasteiger partial charge is 0.370 e. The van der Waals surface area contributed by atoms with Crippen molar-refractivity contribution in [3.8, 4) is 0 Å². The molecule has 0 fully saturated rings. The molecular weight excluding hydrogens is 238 g/mol. The molecule has 0 saturated carbocycles. The summed E-state index contributed by atoms with van der Waals surface area (Å²) in [6.45, 7) is 9.49. The Bertz CT molecular complexity index is 369. The van der Waals surface area contributed by atoms with Gasteiger partial charge in [0.05, 0.1) is 0 Å². The second kappa shape index (κ2) is 7.94. The maximum absolute atomic E-state index is 4.26. The molecule has 0 aliphatic heterocycles. The fourth-order valence-electron chi connectivity index (χ4n) is 1.76. The van der Waals surface area contributed by atoms with Gasteiger partial charge >= 0.3 is 0 Å². The van der Waals surface area contributed by atoms with Gasteiger partial charge in [-0.05, 0) is 33.9 Å². The zero-order chi connectivity index (χ0) is 14.3. The highest BCUT2D eigenvalue weighted by Gasteiger charge is 2.07. The standard InChI is InChI=1S/C14H27N5/c1-6-18(4)12(3)8-9-15-13-10-14(17-11-16-13)19(5)7-2/h10-12H,6-9H2,1-5H3,(H,15,16,17). The molecule has 0 aliphatic carbocycles. The van der Waals surface area contributed by atoms with Crippen molar-refractivity contribution >= 4 is 11.6 Å². The Morgan fingerprint density at radius 1 is 1.21 bits per heavy atom. The highest BCUT2D eigenvalue weighted by Crippen LogP contribution is 2.12. The lowest BCUT2D eigenvalue weighted by molar-refractivity contribution is 0.263. The first-order valence-corrected chi connectivity index (χ1v) is 7.05. The first kappa shape index (κ1) is 15.7. The molecule has 0 aromatic carbocycles. The van der Waals surface area contributed by atoms with Crippen LogP contribution in [0.3, 0.4) is 0 Å². The molecule has 19 heavy (non-hydrogen) atoms. The predicted octanol–water partition coefficient (Wildman–Crippen LogP) is 2.07. The van der Waals surface area contributed by atoms with E-state index in [-0.39, 0.29) is 0 Å². The molecule has 0 bridgehead atoms. The third-order valence-corrected chi connectivity index (χ3v) is 3.64. The molecule has 1 rings (SSSR count). The van der Waals surface area contributed by atoms with Crippen molar-refractivity contribution < 1.29 is 0 Å². The number of aromatic nitrogens is 2. The molecule has 1 aromatic heterocycles. The fourth-order valence-corrected chi connectivity index (χ4v) is 1.76. The predicted molar refractivity (Wildman–Crippen MR) is 81.8 cm³/mol. The monoisotopic (exact) mass is 265 g/mol. The van der Waals surface area contributed by atoms with E-state index in [1.54, 1.807) is 6.33 Å². The van der Waals surface area contributed by atoms with Gasteiger partial charge in [-0.25, -0.2) is 9.97 Å². The van der Waals surface area contributed by atoms with E-state index in [0.29, 0.717) is 6.04 Å². The first-order valence-electron chi connectivity index (χ1n) is 7.05. The van der Waals surface area contributed by atoms with Gasteiger partial charge in [0.25, 0.3) is 0 Å². The topological polar surface area (TPSA) is 44.3 Å². The van der Waals surface area contributed by atoms with Gasteiger partial charge in [-0.2, -0.15) is 0 Å². The number of hydrogen-bond donors (Lipinski definition) is 1. The van der Waals surface area contributed by atoms with Crippen LogP contribution in [0, 0.1) is 0 Å². The van der Waals surface area contributed by atoms with Crippen LogP contribution in [-0.4, -0.2) is 54.6 Å². The highest BCUT2D eigenvalue weighted by molar-refractivity contribution is 5.47. The second-order valence-electron chi connectivity index (χ2n) is 4.91. The van der Waals surface area contributed by atoms with Crippen molar-refractivity contribution in [2.75, 3.05) is 43.9 Å². The van der Waals surface area contributed by atoms with Gasteiger partial charge in [0.1, 0.15) is 18.0 Å². The number of hydrogen-bond acceptors (Lipinski definition) is 5. The van der Waals surface area contributed by atoms with Crippen LogP contribution in [0.15, 0.2) is 12.4 Å². The van der Waals surface area contributed by atoms with E-state index < -0.39 is 0 Å². The third kappa shape index (κ3) is 5.03.